The summed E-state index contributed by atoms with van der Waals surface area (Å²) in [4.78, 5) is 36.3. The molecule has 1 amide bonds. The van der Waals surface area contributed by atoms with Gasteiger partial charge in [-0.3, -0.25) is 9.36 Å². The molecule has 2 rings (SSSR count). The van der Waals surface area contributed by atoms with Gasteiger partial charge in [-0.1, -0.05) is 0 Å². The van der Waals surface area contributed by atoms with Gasteiger partial charge in [0.05, 0.1) is 6.61 Å². The van der Waals surface area contributed by atoms with Crippen LogP contribution in [-0.2, 0) is 27.2 Å². The Labute approximate surface area is 169 Å². The van der Waals surface area contributed by atoms with Gasteiger partial charge < -0.3 is 26.3 Å². The minimum atomic E-state index is -0.529. The van der Waals surface area contributed by atoms with Crippen molar-refractivity contribution in [3.8, 4) is 0 Å². The number of esters is 1. The standard InChI is InChI=1S/C18H29N7O4/c1-5-28-12(26)10-25-15-13(24-16(25)20)14(19)22-11(23-15)8-6-7-9-21-17(27)29-18(2,3)4/h5-10H2,1-4H3,(H2,20,24)(H,21,27)(H2,19,22,23). The number of rotatable bonds is 8. The number of aryl methyl sites for hydroxylation is 1. The van der Waals surface area contributed by atoms with Crippen molar-refractivity contribution in [1.82, 2.24) is 24.8 Å². The Morgan fingerprint density at radius 3 is 2.52 bits per heavy atom. The molecule has 29 heavy (non-hydrogen) atoms. The molecule has 5 N–H and O–H groups in total. The maximum Gasteiger partial charge on any atom is 0.407 e. The third kappa shape index (κ3) is 6.47. The van der Waals surface area contributed by atoms with E-state index >= 15 is 0 Å². The summed E-state index contributed by atoms with van der Waals surface area (Å²) >= 11 is 0. The molecule has 2 heterocycles. The number of fused-ring (bicyclic) bond motifs is 1. The van der Waals surface area contributed by atoms with Crippen LogP contribution in [0.5, 0.6) is 0 Å². The van der Waals surface area contributed by atoms with Gasteiger partial charge in [-0.2, -0.15) is 0 Å². The molecule has 0 atom stereocenters. The van der Waals surface area contributed by atoms with Gasteiger partial charge in [0, 0.05) is 13.0 Å². The van der Waals surface area contributed by atoms with Crippen molar-refractivity contribution in [1.29, 1.82) is 0 Å². The van der Waals surface area contributed by atoms with E-state index in [2.05, 4.69) is 20.3 Å². The van der Waals surface area contributed by atoms with Crippen molar-refractivity contribution >= 4 is 35.0 Å². The van der Waals surface area contributed by atoms with Gasteiger partial charge in [0.25, 0.3) is 0 Å². The van der Waals surface area contributed by atoms with Crippen molar-refractivity contribution in [3.05, 3.63) is 5.82 Å². The molecule has 0 spiro atoms. The summed E-state index contributed by atoms with van der Waals surface area (Å²) in [7, 11) is 0. The predicted molar refractivity (Wildman–Crippen MR) is 108 cm³/mol. The van der Waals surface area contributed by atoms with Crippen LogP contribution in [0, 0.1) is 0 Å². The third-order valence-electron chi connectivity index (χ3n) is 3.79. The highest BCUT2D eigenvalue weighted by Gasteiger charge is 2.18. The number of imidazole rings is 1. The summed E-state index contributed by atoms with van der Waals surface area (Å²) in [6.07, 6.45) is 1.53. The number of aromatic nitrogens is 4. The van der Waals surface area contributed by atoms with Crippen LogP contribution in [-0.4, -0.2) is 50.3 Å². The molecular formula is C18H29N7O4. The summed E-state index contributed by atoms with van der Waals surface area (Å²) in [5, 5.41) is 2.70. The number of nitrogen functional groups attached to an aromatic ring is 2. The van der Waals surface area contributed by atoms with E-state index in [-0.39, 0.29) is 24.9 Å². The number of hydrogen-bond acceptors (Lipinski definition) is 9. The first kappa shape index (κ1) is 22.2. The molecule has 0 fully saturated rings. The molecule has 0 aliphatic heterocycles. The zero-order valence-corrected chi connectivity index (χ0v) is 17.3. The van der Waals surface area contributed by atoms with Gasteiger partial charge in [0.2, 0.25) is 5.95 Å². The van der Waals surface area contributed by atoms with Crippen molar-refractivity contribution in [2.45, 2.75) is 59.1 Å². The Hall–Kier alpha value is -3.11. The molecule has 0 unspecified atom stereocenters. The number of nitrogens with two attached hydrogens (primary N) is 2. The van der Waals surface area contributed by atoms with E-state index in [1.54, 1.807) is 6.92 Å². The molecule has 0 radical (unpaired) electrons. The topological polar surface area (TPSA) is 160 Å². The first-order valence-electron chi connectivity index (χ1n) is 9.51. The monoisotopic (exact) mass is 407 g/mol. The van der Waals surface area contributed by atoms with Gasteiger partial charge in [-0.05, 0) is 40.5 Å². The lowest BCUT2D eigenvalue weighted by Gasteiger charge is -2.19. The van der Waals surface area contributed by atoms with Crippen molar-refractivity contribution in [2.24, 2.45) is 0 Å². The van der Waals surface area contributed by atoms with E-state index in [4.69, 9.17) is 20.9 Å². The summed E-state index contributed by atoms with van der Waals surface area (Å²) in [5.41, 5.74) is 12.1. The van der Waals surface area contributed by atoms with Crippen LogP contribution in [0.25, 0.3) is 11.2 Å². The summed E-state index contributed by atoms with van der Waals surface area (Å²) in [6.45, 7) is 7.79. The molecule has 0 aliphatic carbocycles. The van der Waals surface area contributed by atoms with Crippen molar-refractivity contribution < 1.29 is 19.1 Å². The molecule has 11 nitrogen and oxygen atoms in total. The average molecular weight is 407 g/mol. The lowest BCUT2D eigenvalue weighted by atomic mass is 10.2. The molecule has 2 aromatic heterocycles. The van der Waals surface area contributed by atoms with E-state index in [1.165, 1.54) is 4.57 Å². The summed E-state index contributed by atoms with van der Waals surface area (Å²) in [5.74, 6) is 0.390. The van der Waals surface area contributed by atoms with Crippen LogP contribution in [0.2, 0.25) is 0 Å². The number of hydrogen-bond donors (Lipinski definition) is 3. The molecule has 2 aromatic rings. The summed E-state index contributed by atoms with van der Waals surface area (Å²) in [6, 6.07) is 0. The highest BCUT2D eigenvalue weighted by molar-refractivity contribution is 5.85. The maximum atomic E-state index is 11.8. The van der Waals surface area contributed by atoms with Crippen LogP contribution in [0.3, 0.4) is 0 Å². The van der Waals surface area contributed by atoms with Crippen LogP contribution in [0.1, 0.15) is 46.4 Å². The molecule has 0 bridgehead atoms. The Morgan fingerprint density at radius 1 is 1.14 bits per heavy atom. The van der Waals surface area contributed by atoms with Crippen LogP contribution in [0.4, 0.5) is 16.6 Å². The Kier molecular flexibility index (Phi) is 7.18. The smallest absolute Gasteiger partial charge is 0.407 e. The first-order chi connectivity index (χ1) is 13.6. The Bertz CT molecular complexity index is 873. The maximum absolute atomic E-state index is 11.8. The van der Waals surface area contributed by atoms with E-state index < -0.39 is 17.7 Å². The molecule has 0 aliphatic rings. The molecule has 0 aromatic carbocycles. The zero-order valence-electron chi connectivity index (χ0n) is 17.3. The van der Waals surface area contributed by atoms with Crippen LogP contribution >= 0.6 is 0 Å². The van der Waals surface area contributed by atoms with E-state index in [1.807, 2.05) is 20.8 Å². The first-order valence-corrected chi connectivity index (χ1v) is 9.51. The average Bonchev–Trinajstić information content (AvgIpc) is 2.90. The van der Waals surface area contributed by atoms with E-state index in [0.29, 0.717) is 36.4 Å². The fourth-order valence-corrected chi connectivity index (χ4v) is 2.60. The van der Waals surface area contributed by atoms with Crippen molar-refractivity contribution in [2.75, 3.05) is 24.6 Å². The van der Waals surface area contributed by atoms with Gasteiger partial charge in [-0.15, -0.1) is 0 Å². The number of nitrogens with one attached hydrogen (secondary N) is 1. The number of nitrogens with zero attached hydrogens (tertiary/aromatic N) is 4. The second-order valence-corrected chi connectivity index (χ2v) is 7.44. The fraction of sp³-hybridized carbons (Fsp3) is 0.611. The number of alkyl carbamates (subject to hydrolysis) is 1. The minimum absolute atomic E-state index is 0.105. The van der Waals surface area contributed by atoms with Crippen molar-refractivity contribution in [3.63, 3.8) is 0 Å². The Balaban J connectivity index is 1.97. The lowest BCUT2D eigenvalue weighted by Crippen LogP contribution is -2.33. The zero-order chi connectivity index (χ0) is 21.6. The van der Waals surface area contributed by atoms with Gasteiger partial charge in [0.1, 0.15) is 18.0 Å². The predicted octanol–water partition coefficient (Wildman–Crippen LogP) is 1.40. The second kappa shape index (κ2) is 9.39. The molecule has 0 saturated carbocycles. The number of unbranched alkanes of at least 4 members (excludes halogenated alkanes) is 1. The highest BCUT2D eigenvalue weighted by Crippen LogP contribution is 2.21. The van der Waals surface area contributed by atoms with Gasteiger partial charge in [-0.25, -0.2) is 19.7 Å². The number of carbonyl (C=O) groups is 2. The number of ether oxygens (including phenoxy) is 2. The van der Waals surface area contributed by atoms with Crippen LogP contribution in [0.15, 0.2) is 0 Å². The largest absolute Gasteiger partial charge is 0.465 e. The van der Waals surface area contributed by atoms with Gasteiger partial charge >= 0.3 is 12.1 Å². The molecule has 0 saturated heterocycles. The van der Waals surface area contributed by atoms with Crippen LogP contribution < -0.4 is 16.8 Å². The molecule has 11 heteroatoms. The third-order valence-corrected chi connectivity index (χ3v) is 3.79. The second-order valence-electron chi connectivity index (χ2n) is 7.44. The number of amides is 1. The lowest BCUT2D eigenvalue weighted by molar-refractivity contribution is -0.143. The SMILES string of the molecule is CCOC(=O)Cn1c(N)nc2c(N)nc(CCCCNC(=O)OC(C)(C)C)nc21. The number of carbonyl (C=O) groups excluding carboxylic acids is 2. The normalized spacial score (nSPS) is 11.4. The van der Waals surface area contributed by atoms with E-state index in [0.717, 1.165) is 6.42 Å². The Morgan fingerprint density at radius 2 is 1.86 bits per heavy atom. The van der Waals surface area contributed by atoms with E-state index in [9.17, 15) is 9.59 Å². The fourth-order valence-electron chi connectivity index (χ4n) is 2.60. The number of anilines is 2. The highest BCUT2D eigenvalue weighted by atomic mass is 16.6. The molecule has 160 valence electrons. The summed E-state index contributed by atoms with van der Waals surface area (Å²) < 4.78 is 11.6. The molecular weight excluding hydrogens is 378 g/mol. The quantitative estimate of drug-likeness (QED) is 0.434. The minimum Gasteiger partial charge on any atom is -0.465 e. The van der Waals surface area contributed by atoms with Gasteiger partial charge in [0.15, 0.2) is 17.0 Å².